The summed E-state index contributed by atoms with van der Waals surface area (Å²) in [5, 5.41) is 13.8. The summed E-state index contributed by atoms with van der Waals surface area (Å²) < 4.78 is 0. The third-order valence-electron chi connectivity index (χ3n) is 5.14. The van der Waals surface area contributed by atoms with Crippen LogP contribution >= 0.6 is 22.9 Å². The standard InChI is InChI=1S/C22H23ClN2OS/c1-22(2,3)15-7-10-17-18(13-24)21(27-19(17)12-15)25-20(26)11-6-14-4-8-16(23)9-5-14/h4-6,8-9,11,15H,7,10,12H2,1-3H3,(H,25,26). The quantitative estimate of drug-likeness (QED) is 0.637. The van der Waals surface area contributed by atoms with Gasteiger partial charge in [0, 0.05) is 16.0 Å². The maximum atomic E-state index is 12.3. The lowest BCUT2D eigenvalue weighted by Gasteiger charge is -2.33. The Morgan fingerprint density at radius 3 is 2.67 bits per heavy atom. The van der Waals surface area contributed by atoms with Gasteiger partial charge in [-0.05, 0) is 59.9 Å². The highest BCUT2D eigenvalue weighted by molar-refractivity contribution is 7.16. The number of benzene rings is 1. The van der Waals surface area contributed by atoms with Gasteiger partial charge < -0.3 is 5.32 Å². The highest BCUT2D eigenvalue weighted by Crippen LogP contribution is 2.43. The molecule has 0 saturated carbocycles. The Balaban J connectivity index is 1.76. The number of amides is 1. The van der Waals surface area contributed by atoms with Gasteiger partial charge >= 0.3 is 0 Å². The summed E-state index contributed by atoms with van der Waals surface area (Å²) in [5.41, 5.74) is 2.91. The minimum atomic E-state index is -0.229. The Bertz CT molecular complexity index is 914. The van der Waals surface area contributed by atoms with E-state index in [1.54, 1.807) is 29.5 Å². The summed E-state index contributed by atoms with van der Waals surface area (Å²) >= 11 is 7.42. The third-order valence-corrected chi connectivity index (χ3v) is 6.56. The van der Waals surface area contributed by atoms with Crippen LogP contribution in [0.25, 0.3) is 6.08 Å². The molecule has 1 N–H and O–H groups in total. The molecule has 1 aliphatic carbocycles. The number of halogens is 1. The van der Waals surface area contributed by atoms with Gasteiger partial charge in [0.05, 0.1) is 5.56 Å². The SMILES string of the molecule is CC(C)(C)C1CCc2c(sc(NC(=O)C=Cc3ccc(Cl)cc3)c2C#N)C1. The first kappa shape index (κ1) is 19.7. The summed E-state index contributed by atoms with van der Waals surface area (Å²) in [6.45, 7) is 6.81. The second kappa shape index (κ2) is 7.88. The third kappa shape index (κ3) is 4.61. The Labute approximate surface area is 169 Å². The van der Waals surface area contributed by atoms with E-state index in [4.69, 9.17) is 11.6 Å². The van der Waals surface area contributed by atoms with Crippen molar-refractivity contribution in [2.75, 3.05) is 5.32 Å². The van der Waals surface area contributed by atoms with Crippen LogP contribution in [-0.4, -0.2) is 5.91 Å². The Hall–Kier alpha value is -2.09. The zero-order valence-corrected chi connectivity index (χ0v) is 17.4. The van der Waals surface area contributed by atoms with Crippen molar-refractivity contribution in [3.63, 3.8) is 0 Å². The lowest BCUT2D eigenvalue weighted by Crippen LogP contribution is -2.26. The first-order valence-corrected chi connectivity index (χ1v) is 10.3. The van der Waals surface area contributed by atoms with Crippen molar-refractivity contribution in [2.45, 2.75) is 40.0 Å². The number of nitrogens with zero attached hydrogens (tertiary/aromatic N) is 1. The fraction of sp³-hybridized carbons (Fsp3) is 0.364. The van der Waals surface area contributed by atoms with E-state index in [2.05, 4.69) is 32.2 Å². The number of anilines is 1. The fourth-order valence-corrected chi connectivity index (χ4v) is 4.84. The lowest BCUT2D eigenvalue weighted by molar-refractivity contribution is -0.111. The number of hydrogen-bond donors (Lipinski definition) is 1. The molecule has 2 aromatic rings. The summed E-state index contributed by atoms with van der Waals surface area (Å²) in [4.78, 5) is 13.6. The van der Waals surface area contributed by atoms with Crippen molar-refractivity contribution in [1.29, 1.82) is 5.26 Å². The number of fused-ring (bicyclic) bond motifs is 1. The molecule has 1 aromatic heterocycles. The fourth-order valence-electron chi connectivity index (χ4n) is 3.43. The highest BCUT2D eigenvalue weighted by atomic mass is 35.5. The van der Waals surface area contributed by atoms with Crippen LogP contribution < -0.4 is 5.32 Å². The largest absolute Gasteiger partial charge is 0.313 e. The van der Waals surface area contributed by atoms with Gasteiger partial charge in [0.25, 0.3) is 0 Å². The zero-order chi connectivity index (χ0) is 19.6. The minimum Gasteiger partial charge on any atom is -0.313 e. The predicted octanol–water partition coefficient (Wildman–Crippen LogP) is 6.08. The van der Waals surface area contributed by atoms with Crippen molar-refractivity contribution >= 4 is 39.9 Å². The van der Waals surface area contributed by atoms with Crippen LogP contribution in [0.4, 0.5) is 5.00 Å². The maximum absolute atomic E-state index is 12.3. The van der Waals surface area contributed by atoms with Crippen molar-refractivity contribution in [3.8, 4) is 6.07 Å². The topological polar surface area (TPSA) is 52.9 Å². The molecule has 1 amide bonds. The van der Waals surface area contributed by atoms with Gasteiger partial charge in [-0.2, -0.15) is 5.26 Å². The lowest BCUT2D eigenvalue weighted by atomic mass is 9.72. The van der Waals surface area contributed by atoms with Crippen LogP contribution in [0.2, 0.25) is 5.02 Å². The average molecular weight is 399 g/mol. The molecular weight excluding hydrogens is 376 g/mol. The molecule has 140 valence electrons. The van der Waals surface area contributed by atoms with Gasteiger partial charge in [0.1, 0.15) is 11.1 Å². The molecule has 5 heteroatoms. The molecule has 3 rings (SSSR count). The zero-order valence-electron chi connectivity index (χ0n) is 15.8. The first-order chi connectivity index (χ1) is 12.8. The Morgan fingerprint density at radius 2 is 2.04 bits per heavy atom. The van der Waals surface area contributed by atoms with E-state index < -0.39 is 0 Å². The molecule has 1 heterocycles. The maximum Gasteiger partial charge on any atom is 0.249 e. The molecule has 0 bridgehead atoms. The second-order valence-electron chi connectivity index (χ2n) is 8.00. The number of nitriles is 1. The molecule has 1 aliphatic rings. The van der Waals surface area contributed by atoms with E-state index in [0.717, 1.165) is 30.4 Å². The number of hydrogen-bond acceptors (Lipinski definition) is 3. The number of carbonyl (C=O) groups excluding carboxylic acids is 1. The van der Waals surface area contributed by atoms with E-state index >= 15 is 0 Å². The molecule has 1 unspecified atom stereocenters. The molecule has 0 radical (unpaired) electrons. The van der Waals surface area contributed by atoms with Crippen LogP contribution in [0, 0.1) is 22.7 Å². The van der Waals surface area contributed by atoms with E-state index in [1.807, 2.05) is 12.1 Å². The summed E-state index contributed by atoms with van der Waals surface area (Å²) in [6, 6.07) is 9.57. The van der Waals surface area contributed by atoms with Gasteiger partial charge in [-0.25, -0.2) is 0 Å². The molecule has 1 aromatic carbocycles. The summed E-state index contributed by atoms with van der Waals surface area (Å²) in [7, 11) is 0. The first-order valence-electron chi connectivity index (χ1n) is 9.07. The number of rotatable bonds is 3. The van der Waals surface area contributed by atoms with E-state index in [0.29, 0.717) is 21.5 Å². The smallest absolute Gasteiger partial charge is 0.249 e. The number of thiophene rings is 1. The number of nitrogens with one attached hydrogen (secondary N) is 1. The summed E-state index contributed by atoms with van der Waals surface area (Å²) in [6.07, 6.45) is 6.20. The molecule has 0 aliphatic heterocycles. The van der Waals surface area contributed by atoms with Crippen molar-refractivity contribution < 1.29 is 4.79 Å². The molecule has 0 fully saturated rings. The highest BCUT2D eigenvalue weighted by Gasteiger charge is 2.32. The van der Waals surface area contributed by atoms with Crippen LogP contribution in [0.3, 0.4) is 0 Å². The molecular formula is C22H23ClN2OS. The normalized spacial score (nSPS) is 16.8. The van der Waals surface area contributed by atoms with Gasteiger partial charge in [-0.1, -0.05) is 44.5 Å². The van der Waals surface area contributed by atoms with Gasteiger partial charge in [-0.15, -0.1) is 11.3 Å². The van der Waals surface area contributed by atoms with Gasteiger partial charge in [-0.3, -0.25) is 4.79 Å². The Kier molecular flexibility index (Phi) is 5.74. The monoisotopic (exact) mass is 398 g/mol. The average Bonchev–Trinajstić information content (AvgIpc) is 2.96. The Morgan fingerprint density at radius 1 is 1.33 bits per heavy atom. The molecule has 27 heavy (non-hydrogen) atoms. The molecule has 0 saturated heterocycles. The number of carbonyl (C=O) groups is 1. The van der Waals surface area contributed by atoms with Gasteiger partial charge in [0.2, 0.25) is 5.91 Å². The molecule has 3 nitrogen and oxygen atoms in total. The summed E-state index contributed by atoms with van der Waals surface area (Å²) in [5.74, 6) is 0.371. The molecule has 1 atom stereocenters. The van der Waals surface area contributed by atoms with Crippen LogP contribution in [0.1, 0.15) is 48.8 Å². The van der Waals surface area contributed by atoms with Crippen molar-refractivity contribution in [1.82, 2.24) is 0 Å². The second-order valence-corrected chi connectivity index (χ2v) is 9.54. The van der Waals surface area contributed by atoms with E-state index in [-0.39, 0.29) is 11.3 Å². The van der Waals surface area contributed by atoms with E-state index in [9.17, 15) is 10.1 Å². The van der Waals surface area contributed by atoms with E-state index in [1.165, 1.54) is 11.0 Å². The van der Waals surface area contributed by atoms with Crippen LogP contribution in [0.5, 0.6) is 0 Å². The molecule has 0 spiro atoms. The van der Waals surface area contributed by atoms with Crippen molar-refractivity contribution in [3.05, 3.63) is 56.9 Å². The van der Waals surface area contributed by atoms with Gasteiger partial charge in [0.15, 0.2) is 0 Å². The minimum absolute atomic E-state index is 0.229. The van der Waals surface area contributed by atoms with Crippen LogP contribution in [-0.2, 0) is 17.6 Å². The predicted molar refractivity (Wildman–Crippen MR) is 113 cm³/mol. The van der Waals surface area contributed by atoms with Crippen molar-refractivity contribution in [2.24, 2.45) is 11.3 Å². The van der Waals surface area contributed by atoms with Crippen LogP contribution in [0.15, 0.2) is 30.3 Å².